The highest BCUT2D eigenvalue weighted by molar-refractivity contribution is 5.95. The van der Waals surface area contributed by atoms with Crippen LogP contribution in [-0.2, 0) is 0 Å². The van der Waals surface area contributed by atoms with Crippen molar-refractivity contribution in [3.8, 4) is 11.5 Å². The van der Waals surface area contributed by atoms with Gasteiger partial charge in [-0.15, -0.1) is 0 Å². The number of piperazine rings is 1. The number of hydrogen-bond acceptors (Lipinski definition) is 5. The van der Waals surface area contributed by atoms with Crippen molar-refractivity contribution in [3.05, 3.63) is 23.8 Å². The van der Waals surface area contributed by atoms with E-state index in [0.29, 0.717) is 17.1 Å². The number of carbonyl (C=O) groups is 1. The Morgan fingerprint density at radius 3 is 2.61 bits per heavy atom. The summed E-state index contributed by atoms with van der Waals surface area (Å²) in [7, 11) is 4.20. The first-order chi connectivity index (χ1) is 11.1. The van der Waals surface area contributed by atoms with Crippen LogP contribution in [0.2, 0.25) is 0 Å². The monoisotopic (exact) mass is 319 g/mol. The number of amides is 1. The molecule has 0 radical (unpaired) electrons. The van der Waals surface area contributed by atoms with Crippen molar-refractivity contribution >= 4 is 5.91 Å². The lowest BCUT2D eigenvalue weighted by molar-refractivity contribution is 0.0633. The van der Waals surface area contributed by atoms with E-state index in [1.54, 1.807) is 6.07 Å². The van der Waals surface area contributed by atoms with Gasteiger partial charge in [0.05, 0.1) is 0 Å². The van der Waals surface area contributed by atoms with Gasteiger partial charge >= 0.3 is 0 Å². The summed E-state index contributed by atoms with van der Waals surface area (Å²) in [5.74, 6) is 1.46. The van der Waals surface area contributed by atoms with E-state index in [2.05, 4.69) is 23.9 Å². The van der Waals surface area contributed by atoms with Gasteiger partial charge in [0.1, 0.15) is 0 Å². The standard InChI is InChI=1S/C17H25N3O3/c1-18(2)6-3-7-19-8-10-20(11-9-19)17(21)14-4-5-15-16(12-14)23-13-22-15/h4-5,12H,3,6-11,13H2,1-2H3. The Morgan fingerprint density at radius 2 is 1.87 bits per heavy atom. The quantitative estimate of drug-likeness (QED) is 0.814. The molecule has 0 atom stereocenters. The van der Waals surface area contributed by atoms with Crippen molar-refractivity contribution in [2.45, 2.75) is 6.42 Å². The molecule has 1 fully saturated rings. The van der Waals surface area contributed by atoms with Gasteiger partial charge in [-0.1, -0.05) is 0 Å². The van der Waals surface area contributed by atoms with Crippen LogP contribution < -0.4 is 9.47 Å². The fraction of sp³-hybridized carbons (Fsp3) is 0.588. The van der Waals surface area contributed by atoms with Crippen molar-refractivity contribution in [3.63, 3.8) is 0 Å². The van der Waals surface area contributed by atoms with E-state index >= 15 is 0 Å². The molecule has 2 heterocycles. The van der Waals surface area contributed by atoms with Crippen LogP contribution in [0.3, 0.4) is 0 Å². The summed E-state index contributed by atoms with van der Waals surface area (Å²) in [6, 6.07) is 5.42. The molecular formula is C17H25N3O3. The minimum atomic E-state index is 0.0799. The van der Waals surface area contributed by atoms with E-state index in [4.69, 9.17) is 9.47 Å². The van der Waals surface area contributed by atoms with Crippen LogP contribution in [0.1, 0.15) is 16.8 Å². The third-order valence-electron chi connectivity index (χ3n) is 4.36. The molecular weight excluding hydrogens is 294 g/mol. The first-order valence-electron chi connectivity index (χ1n) is 8.19. The van der Waals surface area contributed by atoms with Gasteiger partial charge in [-0.05, 0) is 51.8 Å². The molecule has 0 unspecified atom stereocenters. The smallest absolute Gasteiger partial charge is 0.254 e. The topological polar surface area (TPSA) is 45.2 Å². The summed E-state index contributed by atoms with van der Waals surface area (Å²) < 4.78 is 10.6. The Bertz CT molecular complexity index is 554. The second-order valence-corrected chi connectivity index (χ2v) is 6.36. The summed E-state index contributed by atoms with van der Waals surface area (Å²) in [5.41, 5.74) is 0.676. The van der Waals surface area contributed by atoms with E-state index in [0.717, 1.165) is 39.3 Å². The Morgan fingerprint density at radius 1 is 1.13 bits per heavy atom. The molecule has 0 spiro atoms. The molecule has 3 rings (SSSR count). The lowest BCUT2D eigenvalue weighted by Gasteiger charge is -2.35. The van der Waals surface area contributed by atoms with Gasteiger partial charge in [-0.3, -0.25) is 9.69 Å². The number of hydrogen-bond donors (Lipinski definition) is 0. The second kappa shape index (κ2) is 7.19. The van der Waals surface area contributed by atoms with Gasteiger partial charge in [0, 0.05) is 31.7 Å². The van der Waals surface area contributed by atoms with Crippen LogP contribution in [0, 0.1) is 0 Å². The van der Waals surface area contributed by atoms with E-state index < -0.39 is 0 Å². The van der Waals surface area contributed by atoms with Crippen molar-refractivity contribution in [1.29, 1.82) is 0 Å². The highest BCUT2D eigenvalue weighted by Crippen LogP contribution is 2.32. The summed E-state index contributed by atoms with van der Waals surface area (Å²) in [6.07, 6.45) is 1.17. The number of nitrogens with zero attached hydrogens (tertiary/aromatic N) is 3. The number of rotatable bonds is 5. The molecule has 1 saturated heterocycles. The first-order valence-corrected chi connectivity index (χ1v) is 8.19. The number of benzene rings is 1. The van der Waals surface area contributed by atoms with E-state index in [-0.39, 0.29) is 12.7 Å². The van der Waals surface area contributed by atoms with E-state index in [1.807, 2.05) is 17.0 Å². The molecule has 0 saturated carbocycles. The number of fused-ring (bicyclic) bond motifs is 1. The van der Waals surface area contributed by atoms with Crippen molar-refractivity contribution in [1.82, 2.24) is 14.7 Å². The highest BCUT2D eigenvalue weighted by atomic mass is 16.7. The molecule has 6 heteroatoms. The molecule has 2 aliphatic heterocycles. The minimum Gasteiger partial charge on any atom is -0.454 e. The molecule has 0 aliphatic carbocycles. The third-order valence-corrected chi connectivity index (χ3v) is 4.36. The largest absolute Gasteiger partial charge is 0.454 e. The normalized spacial score (nSPS) is 17.8. The van der Waals surface area contributed by atoms with Gasteiger partial charge in [0.2, 0.25) is 6.79 Å². The van der Waals surface area contributed by atoms with E-state index in [9.17, 15) is 4.79 Å². The van der Waals surface area contributed by atoms with Crippen LogP contribution in [0.15, 0.2) is 18.2 Å². The zero-order valence-electron chi connectivity index (χ0n) is 14.0. The Balaban J connectivity index is 1.50. The molecule has 2 aliphatic rings. The molecule has 23 heavy (non-hydrogen) atoms. The minimum absolute atomic E-state index is 0.0799. The lowest BCUT2D eigenvalue weighted by atomic mass is 10.1. The SMILES string of the molecule is CN(C)CCCN1CCN(C(=O)c2ccc3c(c2)OCO3)CC1. The van der Waals surface area contributed by atoms with Gasteiger partial charge in [0.25, 0.3) is 5.91 Å². The molecule has 1 amide bonds. The van der Waals surface area contributed by atoms with Gasteiger partial charge < -0.3 is 19.3 Å². The van der Waals surface area contributed by atoms with Crippen LogP contribution in [-0.4, -0.2) is 80.8 Å². The Kier molecular flexibility index (Phi) is 5.03. The van der Waals surface area contributed by atoms with Crippen LogP contribution in [0.4, 0.5) is 0 Å². The van der Waals surface area contributed by atoms with E-state index in [1.165, 1.54) is 6.42 Å². The maximum Gasteiger partial charge on any atom is 0.254 e. The summed E-state index contributed by atoms with van der Waals surface area (Å²) in [4.78, 5) is 19.2. The van der Waals surface area contributed by atoms with Gasteiger partial charge in [-0.25, -0.2) is 0 Å². The third kappa shape index (κ3) is 3.95. The molecule has 0 aromatic heterocycles. The predicted molar refractivity (Wildman–Crippen MR) is 88.1 cm³/mol. The summed E-state index contributed by atoms with van der Waals surface area (Å²) in [5, 5.41) is 0. The van der Waals surface area contributed by atoms with Crippen LogP contribution >= 0.6 is 0 Å². The molecule has 1 aromatic rings. The fourth-order valence-electron chi connectivity index (χ4n) is 3.00. The zero-order chi connectivity index (χ0) is 16.2. The Labute approximate surface area is 137 Å². The zero-order valence-corrected chi connectivity index (χ0v) is 14.0. The van der Waals surface area contributed by atoms with Gasteiger partial charge in [-0.2, -0.15) is 0 Å². The van der Waals surface area contributed by atoms with Crippen molar-refractivity contribution in [2.75, 3.05) is 60.2 Å². The average Bonchev–Trinajstić information content (AvgIpc) is 3.02. The number of ether oxygens (including phenoxy) is 2. The fourth-order valence-corrected chi connectivity index (χ4v) is 3.00. The van der Waals surface area contributed by atoms with Crippen molar-refractivity contribution in [2.24, 2.45) is 0 Å². The highest BCUT2D eigenvalue weighted by Gasteiger charge is 2.23. The maximum atomic E-state index is 12.6. The molecule has 0 N–H and O–H groups in total. The molecule has 1 aromatic carbocycles. The second-order valence-electron chi connectivity index (χ2n) is 6.36. The van der Waals surface area contributed by atoms with Crippen molar-refractivity contribution < 1.29 is 14.3 Å². The number of carbonyl (C=O) groups excluding carboxylic acids is 1. The van der Waals surface area contributed by atoms with Crippen LogP contribution in [0.25, 0.3) is 0 Å². The first kappa shape index (κ1) is 16.1. The molecule has 126 valence electrons. The molecule has 0 bridgehead atoms. The Hall–Kier alpha value is -1.79. The van der Waals surface area contributed by atoms with Gasteiger partial charge in [0.15, 0.2) is 11.5 Å². The molecule has 6 nitrogen and oxygen atoms in total. The summed E-state index contributed by atoms with van der Waals surface area (Å²) >= 11 is 0. The lowest BCUT2D eigenvalue weighted by Crippen LogP contribution is -2.49. The average molecular weight is 319 g/mol. The predicted octanol–water partition coefficient (Wildman–Crippen LogP) is 1.12. The maximum absolute atomic E-state index is 12.6. The van der Waals surface area contributed by atoms with Crippen LogP contribution in [0.5, 0.6) is 11.5 Å². The summed E-state index contributed by atoms with van der Waals surface area (Å²) in [6.45, 7) is 5.91.